The second-order valence-corrected chi connectivity index (χ2v) is 7.26. The summed E-state index contributed by atoms with van der Waals surface area (Å²) in [5, 5.41) is 0.610. The number of fused-ring (bicyclic) bond motifs is 1. The number of hydrogen-bond acceptors (Lipinski definition) is 3. The van der Waals surface area contributed by atoms with E-state index >= 15 is 0 Å². The van der Waals surface area contributed by atoms with Crippen LogP contribution in [0.15, 0.2) is 59.8 Å². The Morgan fingerprint density at radius 1 is 1.09 bits per heavy atom. The van der Waals surface area contributed by atoms with Gasteiger partial charge in [0.15, 0.2) is 0 Å². The van der Waals surface area contributed by atoms with E-state index in [1.807, 2.05) is 30.3 Å². The summed E-state index contributed by atoms with van der Waals surface area (Å²) in [7, 11) is -3.61. The number of benzene rings is 1. The zero-order valence-corrected chi connectivity index (χ0v) is 12.6. The fourth-order valence-electron chi connectivity index (χ4n) is 2.80. The van der Waals surface area contributed by atoms with Crippen molar-refractivity contribution in [3.63, 3.8) is 0 Å². The Hall–Kier alpha value is -2.18. The summed E-state index contributed by atoms with van der Waals surface area (Å²) in [5.41, 5.74) is 1.12. The Kier molecular flexibility index (Phi) is 2.85. The van der Waals surface area contributed by atoms with Gasteiger partial charge in [-0.2, -0.15) is 0 Å². The average molecular weight is 313 g/mol. The van der Waals surface area contributed by atoms with E-state index < -0.39 is 15.6 Å². The van der Waals surface area contributed by atoms with Crippen molar-refractivity contribution in [2.24, 2.45) is 0 Å². The maximum Gasteiger partial charge on any atom is 0.243 e. The van der Waals surface area contributed by atoms with Crippen LogP contribution >= 0.6 is 0 Å². The Balaban J connectivity index is 1.73. The number of nitrogens with zero attached hydrogens (tertiary/aromatic N) is 1. The summed E-state index contributed by atoms with van der Waals surface area (Å²) in [5.74, 6) is 0. The van der Waals surface area contributed by atoms with Crippen LogP contribution in [0.2, 0.25) is 0 Å². The third-order valence-corrected chi connectivity index (χ3v) is 5.69. The molecule has 2 N–H and O–H groups in total. The first-order valence-corrected chi connectivity index (χ1v) is 8.61. The zero-order valence-electron chi connectivity index (χ0n) is 11.8. The summed E-state index contributed by atoms with van der Waals surface area (Å²) in [6.45, 7) is 0. The van der Waals surface area contributed by atoms with E-state index in [-0.39, 0.29) is 4.90 Å². The van der Waals surface area contributed by atoms with Gasteiger partial charge in [-0.25, -0.2) is 18.1 Å². The lowest BCUT2D eigenvalue weighted by Crippen LogP contribution is -2.34. The molecule has 5 nitrogen and oxygen atoms in total. The van der Waals surface area contributed by atoms with Gasteiger partial charge in [0.05, 0.1) is 5.54 Å². The van der Waals surface area contributed by atoms with Crippen LogP contribution in [0.5, 0.6) is 0 Å². The largest absolute Gasteiger partial charge is 0.345 e. The highest BCUT2D eigenvalue weighted by molar-refractivity contribution is 7.89. The van der Waals surface area contributed by atoms with Gasteiger partial charge in [0.1, 0.15) is 10.5 Å². The van der Waals surface area contributed by atoms with E-state index in [1.54, 1.807) is 18.3 Å². The second-order valence-electron chi connectivity index (χ2n) is 5.61. The molecule has 0 amide bonds. The molecule has 0 aliphatic heterocycles. The molecule has 0 atom stereocenters. The molecule has 3 aromatic rings. The third-order valence-electron chi connectivity index (χ3n) is 4.11. The van der Waals surface area contributed by atoms with Crippen LogP contribution in [-0.4, -0.2) is 18.4 Å². The molecule has 0 bridgehead atoms. The number of nitrogens with one attached hydrogen (secondary N) is 2. The molecule has 1 aromatic carbocycles. The molecular weight excluding hydrogens is 298 g/mol. The predicted octanol–water partition coefficient (Wildman–Crippen LogP) is 2.53. The van der Waals surface area contributed by atoms with Crippen molar-refractivity contribution in [1.29, 1.82) is 0 Å². The van der Waals surface area contributed by atoms with Gasteiger partial charge >= 0.3 is 0 Å². The van der Waals surface area contributed by atoms with Crippen molar-refractivity contribution in [3.8, 4) is 0 Å². The molecular formula is C16H15N3O2S. The van der Waals surface area contributed by atoms with Crippen molar-refractivity contribution in [2.75, 3.05) is 0 Å². The first-order chi connectivity index (χ1) is 10.6. The van der Waals surface area contributed by atoms with Crippen molar-refractivity contribution in [1.82, 2.24) is 14.7 Å². The maximum absolute atomic E-state index is 12.8. The molecule has 22 heavy (non-hydrogen) atoms. The highest BCUT2D eigenvalue weighted by atomic mass is 32.2. The Morgan fingerprint density at radius 3 is 2.59 bits per heavy atom. The van der Waals surface area contributed by atoms with Crippen molar-refractivity contribution in [3.05, 3.63) is 60.4 Å². The molecule has 6 heteroatoms. The first kappa shape index (κ1) is 13.5. The third kappa shape index (κ3) is 2.12. The summed E-state index contributed by atoms with van der Waals surface area (Å²) in [6, 6.07) is 13.2. The Labute approximate surface area is 128 Å². The average Bonchev–Trinajstić information content (AvgIpc) is 3.16. The number of aromatic amines is 1. The molecule has 0 radical (unpaired) electrons. The van der Waals surface area contributed by atoms with Gasteiger partial charge in [0.2, 0.25) is 10.0 Å². The van der Waals surface area contributed by atoms with Crippen LogP contribution in [0.1, 0.15) is 18.4 Å². The van der Waals surface area contributed by atoms with Gasteiger partial charge in [0.25, 0.3) is 0 Å². The van der Waals surface area contributed by atoms with Crippen LogP contribution in [0.25, 0.3) is 11.0 Å². The molecule has 0 unspecified atom stereocenters. The van der Waals surface area contributed by atoms with Gasteiger partial charge in [-0.15, -0.1) is 0 Å². The second kappa shape index (κ2) is 4.66. The fraction of sp³-hybridized carbons (Fsp3) is 0.188. The smallest absolute Gasteiger partial charge is 0.243 e. The zero-order chi connectivity index (χ0) is 15.2. The number of rotatable bonds is 4. The van der Waals surface area contributed by atoms with Gasteiger partial charge in [0, 0.05) is 17.8 Å². The van der Waals surface area contributed by atoms with Crippen LogP contribution in [0, 0.1) is 0 Å². The minimum Gasteiger partial charge on any atom is -0.345 e. The van der Waals surface area contributed by atoms with Crippen molar-refractivity contribution in [2.45, 2.75) is 23.3 Å². The van der Waals surface area contributed by atoms with Crippen molar-refractivity contribution < 1.29 is 8.42 Å². The monoisotopic (exact) mass is 313 g/mol. The predicted molar refractivity (Wildman–Crippen MR) is 83.8 cm³/mol. The Morgan fingerprint density at radius 2 is 1.86 bits per heavy atom. The minimum atomic E-state index is -3.61. The van der Waals surface area contributed by atoms with Gasteiger partial charge < -0.3 is 4.98 Å². The molecule has 1 fully saturated rings. The van der Waals surface area contributed by atoms with Crippen LogP contribution < -0.4 is 4.72 Å². The van der Waals surface area contributed by atoms with Gasteiger partial charge in [-0.05, 0) is 30.5 Å². The van der Waals surface area contributed by atoms with Crippen LogP contribution in [-0.2, 0) is 15.6 Å². The number of pyridine rings is 1. The fourth-order valence-corrected chi connectivity index (χ4v) is 4.41. The van der Waals surface area contributed by atoms with E-state index in [9.17, 15) is 8.42 Å². The molecule has 112 valence electrons. The molecule has 0 saturated heterocycles. The van der Waals surface area contributed by atoms with E-state index in [0.717, 1.165) is 18.4 Å². The normalized spacial score (nSPS) is 16.7. The van der Waals surface area contributed by atoms with E-state index in [0.29, 0.717) is 11.0 Å². The molecule has 0 spiro atoms. The first-order valence-electron chi connectivity index (χ1n) is 7.12. The molecule has 1 saturated carbocycles. The number of H-pyrrole nitrogens is 1. The van der Waals surface area contributed by atoms with E-state index in [4.69, 9.17) is 0 Å². The lowest BCUT2D eigenvalue weighted by molar-refractivity contribution is 0.552. The topological polar surface area (TPSA) is 74.8 Å². The SMILES string of the molecule is O=S(=O)(NC1(c2ccccc2)CC1)c1c[nH]c2ncccc12. The van der Waals surface area contributed by atoms with Gasteiger partial charge in [-0.1, -0.05) is 30.3 Å². The summed E-state index contributed by atoms with van der Waals surface area (Å²) in [6.07, 6.45) is 4.77. The van der Waals surface area contributed by atoms with Gasteiger partial charge in [-0.3, -0.25) is 0 Å². The summed E-state index contributed by atoms with van der Waals surface area (Å²) in [4.78, 5) is 7.30. The Bertz CT molecular complexity index is 928. The summed E-state index contributed by atoms with van der Waals surface area (Å²) >= 11 is 0. The minimum absolute atomic E-state index is 0.248. The molecule has 2 heterocycles. The lowest BCUT2D eigenvalue weighted by Gasteiger charge is -2.17. The standard InChI is InChI=1S/C16H15N3O2S/c20-22(21,14-11-18-15-13(14)7-4-10-17-15)19-16(8-9-16)12-5-2-1-3-6-12/h1-7,10-11,19H,8-9H2,(H,17,18). The lowest BCUT2D eigenvalue weighted by atomic mass is 10.1. The molecule has 2 aromatic heterocycles. The van der Waals surface area contributed by atoms with E-state index in [2.05, 4.69) is 14.7 Å². The highest BCUT2D eigenvalue weighted by Crippen LogP contribution is 2.46. The molecule has 4 rings (SSSR count). The number of sulfonamides is 1. The molecule has 1 aliphatic carbocycles. The summed E-state index contributed by atoms with van der Waals surface area (Å²) < 4.78 is 28.4. The van der Waals surface area contributed by atoms with Crippen molar-refractivity contribution >= 4 is 21.1 Å². The highest BCUT2D eigenvalue weighted by Gasteiger charge is 2.47. The van der Waals surface area contributed by atoms with Crippen LogP contribution in [0.3, 0.4) is 0 Å². The quantitative estimate of drug-likeness (QED) is 0.777. The van der Waals surface area contributed by atoms with E-state index in [1.165, 1.54) is 6.20 Å². The van der Waals surface area contributed by atoms with Crippen LogP contribution in [0.4, 0.5) is 0 Å². The number of hydrogen-bond donors (Lipinski definition) is 2. The molecule has 1 aliphatic rings. The number of aromatic nitrogens is 2. The maximum atomic E-state index is 12.8.